The summed E-state index contributed by atoms with van der Waals surface area (Å²) in [6.45, 7) is 22.0. The quantitative estimate of drug-likeness (QED) is 0.261. The van der Waals surface area contributed by atoms with Gasteiger partial charge < -0.3 is 9.74 Å². The lowest BCUT2D eigenvalue weighted by molar-refractivity contribution is -0.128. The van der Waals surface area contributed by atoms with Crippen molar-refractivity contribution in [2.75, 3.05) is 0 Å². The Labute approximate surface area is 186 Å². The average Bonchev–Trinajstić information content (AvgIpc) is 2.70. The summed E-state index contributed by atoms with van der Waals surface area (Å²) < 4.78 is 7.00. The Morgan fingerprint density at radius 1 is 1.03 bits per heavy atom. The highest BCUT2D eigenvalue weighted by Crippen LogP contribution is 2.44. The molecule has 3 nitrogen and oxygen atoms in total. The van der Waals surface area contributed by atoms with Crippen LogP contribution >= 0.6 is 0 Å². The molecule has 0 aliphatic heterocycles. The minimum Gasteiger partial charge on any atom is -0.409 e. The molecule has 3 atom stereocenters. The predicted molar refractivity (Wildman–Crippen MR) is 132 cm³/mol. The second-order valence-electron chi connectivity index (χ2n) is 9.53. The fourth-order valence-electron chi connectivity index (χ4n) is 4.95. The van der Waals surface area contributed by atoms with Crippen LogP contribution in [0, 0.1) is 5.92 Å². The molecule has 0 saturated carbocycles. The van der Waals surface area contributed by atoms with Crippen molar-refractivity contribution in [1.82, 2.24) is 5.32 Å². The van der Waals surface area contributed by atoms with Gasteiger partial charge in [-0.15, -0.1) is 6.58 Å². The van der Waals surface area contributed by atoms with E-state index in [0.717, 1.165) is 24.8 Å². The lowest BCUT2D eigenvalue weighted by Gasteiger charge is -2.45. The molecule has 170 valence electrons. The van der Waals surface area contributed by atoms with Gasteiger partial charge in [-0.3, -0.25) is 4.79 Å². The Balaban J connectivity index is 3.15. The van der Waals surface area contributed by atoms with Crippen LogP contribution in [0.1, 0.15) is 86.3 Å². The maximum absolute atomic E-state index is 13.4. The van der Waals surface area contributed by atoms with Crippen molar-refractivity contribution in [3.63, 3.8) is 0 Å². The van der Waals surface area contributed by atoms with Gasteiger partial charge in [0.2, 0.25) is 14.2 Å². The molecule has 0 aromatic heterocycles. The second kappa shape index (κ2) is 12.5. The van der Waals surface area contributed by atoms with Gasteiger partial charge in [0.05, 0.1) is 18.1 Å². The zero-order valence-corrected chi connectivity index (χ0v) is 21.6. The van der Waals surface area contributed by atoms with E-state index in [0.29, 0.717) is 16.6 Å². The van der Waals surface area contributed by atoms with Crippen molar-refractivity contribution in [3.05, 3.63) is 48.6 Å². The molecule has 1 aromatic rings. The van der Waals surface area contributed by atoms with E-state index in [1.165, 1.54) is 0 Å². The molecule has 1 amide bonds. The number of hydrogen-bond donors (Lipinski definition) is 1. The molecule has 30 heavy (non-hydrogen) atoms. The first-order chi connectivity index (χ1) is 14.1. The SMILES string of the molecule is C=C[C@H](O[Si](C(C)C)(C(C)C)C(C)C)[C@@H](CCCC)C(=O)N[C@H](C)c1ccccc1. The first-order valence-corrected chi connectivity index (χ1v) is 13.9. The van der Waals surface area contributed by atoms with E-state index < -0.39 is 8.32 Å². The number of unbranched alkanes of at least 4 members (excludes halogenated alkanes) is 1. The summed E-state index contributed by atoms with van der Waals surface area (Å²) in [6.07, 6.45) is 4.51. The van der Waals surface area contributed by atoms with Crippen molar-refractivity contribution in [3.8, 4) is 0 Å². The van der Waals surface area contributed by atoms with E-state index >= 15 is 0 Å². The van der Waals surface area contributed by atoms with Crippen LogP contribution in [-0.2, 0) is 9.22 Å². The molecule has 0 radical (unpaired) electrons. The van der Waals surface area contributed by atoms with Crippen LogP contribution in [-0.4, -0.2) is 20.3 Å². The van der Waals surface area contributed by atoms with Gasteiger partial charge in [-0.05, 0) is 35.5 Å². The Bertz CT molecular complexity index is 620. The van der Waals surface area contributed by atoms with E-state index in [1.54, 1.807) is 0 Å². The maximum atomic E-state index is 13.4. The molecule has 1 aromatic carbocycles. The van der Waals surface area contributed by atoms with Crippen LogP contribution in [0.5, 0.6) is 0 Å². The first-order valence-electron chi connectivity index (χ1n) is 11.8. The Morgan fingerprint density at radius 2 is 1.57 bits per heavy atom. The van der Waals surface area contributed by atoms with Gasteiger partial charge in [0.15, 0.2) is 0 Å². The molecule has 0 aliphatic rings. The molecule has 1 rings (SSSR count). The monoisotopic (exact) mass is 431 g/mol. The van der Waals surface area contributed by atoms with Gasteiger partial charge in [0.25, 0.3) is 0 Å². The number of rotatable bonds is 13. The smallest absolute Gasteiger partial charge is 0.226 e. The summed E-state index contributed by atoms with van der Waals surface area (Å²) in [6, 6.07) is 10.1. The minimum absolute atomic E-state index is 0.0319. The Kier molecular flexibility index (Phi) is 11.1. The molecule has 0 saturated heterocycles. The van der Waals surface area contributed by atoms with E-state index in [-0.39, 0.29) is 24.0 Å². The van der Waals surface area contributed by atoms with Gasteiger partial charge in [-0.1, -0.05) is 97.7 Å². The molecule has 0 fully saturated rings. The summed E-state index contributed by atoms with van der Waals surface area (Å²) in [5.74, 6) is -0.138. The molecule has 0 unspecified atom stereocenters. The largest absolute Gasteiger partial charge is 0.409 e. The van der Waals surface area contributed by atoms with Gasteiger partial charge >= 0.3 is 0 Å². The van der Waals surface area contributed by atoms with Gasteiger partial charge in [-0.25, -0.2) is 0 Å². The summed E-state index contributed by atoms with van der Waals surface area (Å²) in [5.41, 5.74) is 2.53. The number of carbonyl (C=O) groups excluding carboxylic acids is 1. The molecule has 0 heterocycles. The summed E-state index contributed by atoms with van der Waals surface area (Å²) in [7, 11) is -2.11. The molecular formula is C26H45NO2Si. The number of carbonyl (C=O) groups is 1. The van der Waals surface area contributed by atoms with E-state index in [1.807, 2.05) is 31.2 Å². The second-order valence-corrected chi connectivity index (χ2v) is 14.9. The standard InChI is InChI=1S/C26H45NO2Si/c1-10-12-18-24(26(28)27-22(9)23-16-14-13-15-17-23)25(11-2)29-30(19(3)4,20(5)6)21(7)8/h11,13-17,19-22,24-25H,2,10,12,18H2,1,3-9H3,(H,27,28)/t22-,24-,25+/m1/s1. The minimum atomic E-state index is -2.11. The van der Waals surface area contributed by atoms with Gasteiger partial charge in [0, 0.05) is 0 Å². The van der Waals surface area contributed by atoms with E-state index in [9.17, 15) is 4.79 Å². The number of hydrogen-bond acceptors (Lipinski definition) is 2. The van der Waals surface area contributed by atoms with Crippen molar-refractivity contribution < 1.29 is 9.22 Å². The van der Waals surface area contributed by atoms with Crippen LogP contribution in [0.25, 0.3) is 0 Å². The van der Waals surface area contributed by atoms with Crippen LogP contribution < -0.4 is 5.32 Å². The van der Waals surface area contributed by atoms with Gasteiger partial charge in [0.1, 0.15) is 0 Å². The molecule has 0 aliphatic carbocycles. The Hall–Kier alpha value is -1.39. The lowest BCUT2D eigenvalue weighted by atomic mass is 9.94. The zero-order chi connectivity index (χ0) is 22.9. The number of nitrogens with one attached hydrogen (secondary N) is 1. The van der Waals surface area contributed by atoms with Crippen LogP contribution in [0.3, 0.4) is 0 Å². The molecular weight excluding hydrogens is 386 g/mol. The Morgan fingerprint density at radius 3 is 2.00 bits per heavy atom. The van der Waals surface area contributed by atoms with Crippen molar-refractivity contribution in [1.29, 1.82) is 0 Å². The van der Waals surface area contributed by atoms with Gasteiger partial charge in [-0.2, -0.15) is 0 Å². The highest BCUT2D eigenvalue weighted by atomic mass is 28.4. The molecule has 0 bridgehead atoms. The van der Waals surface area contributed by atoms with Crippen molar-refractivity contribution in [2.45, 2.75) is 103 Å². The fourth-order valence-corrected chi connectivity index (χ4v) is 10.5. The van der Waals surface area contributed by atoms with E-state index in [2.05, 4.69) is 72.5 Å². The number of amides is 1. The molecule has 1 N–H and O–H groups in total. The van der Waals surface area contributed by atoms with Crippen molar-refractivity contribution in [2.24, 2.45) is 5.92 Å². The van der Waals surface area contributed by atoms with Crippen LogP contribution in [0.2, 0.25) is 16.6 Å². The summed E-state index contributed by atoms with van der Waals surface area (Å²) in [5, 5.41) is 3.24. The lowest BCUT2D eigenvalue weighted by Crippen LogP contribution is -2.52. The fraction of sp³-hybridized carbons (Fsp3) is 0.654. The first kappa shape index (κ1) is 26.6. The summed E-state index contributed by atoms with van der Waals surface area (Å²) in [4.78, 5) is 13.4. The van der Waals surface area contributed by atoms with Crippen molar-refractivity contribution >= 4 is 14.2 Å². The predicted octanol–water partition coefficient (Wildman–Crippen LogP) is 7.42. The molecule has 4 heteroatoms. The molecule has 0 spiro atoms. The third-order valence-corrected chi connectivity index (χ3v) is 12.6. The highest BCUT2D eigenvalue weighted by Gasteiger charge is 2.47. The summed E-state index contributed by atoms with van der Waals surface area (Å²) >= 11 is 0. The van der Waals surface area contributed by atoms with Crippen LogP contribution in [0.15, 0.2) is 43.0 Å². The highest BCUT2D eigenvalue weighted by molar-refractivity contribution is 6.77. The van der Waals surface area contributed by atoms with E-state index in [4.69, 9.17) is 4.43 Å². The number of benzene rings is 1. The third kappa shape index (κ3) is 6.55. The third-order valence-electron chi connectivity index (χ3n) is 6.54. The zero-order valence-electron chi connectivity index (χ0n) is 20.6. The maximum Gasteiger partial charge on any atom is 0.226 e. The average molecular weight is 432 g/mol. The normalized spacial score (nSPS) is 15.3. The van der Waals surface area contributed by atoms with Crippen LogP contribution in [0.4, 0.5) is 0 Å². The topological polar surface area (TPSA) is 38.3 Å².